The monoisotopic (exact) mass is 200 g/mol. The first-order valence-electron chi connectivity index (χ1n) is 5.53. The molecule has 3 nitrogen and oxygen atoms in total. The number of aliphatic hydroxyl groups is 1. The maximum Gasteiger partial charge on any atom is 0.0603 e. The molecule has 1 N–H and O–H groups in total. The molecule has 0 aromatic rings. The summed E-state index contributed by atoms with van der Waals surface area (Å²) in [5, 5.41) is 9.65. The zero-order chi connectivity index (χ0) is 10.8. The van der Waals surface area contributed by atoms with Gasteiger partial charge in [0.15, 0.2) is 0 Å². The van der Waals surface area contributed by atoms with Crippen molar-refractivity contribution in [2.45, 2.75) is 38.8 Å². The van der Waals surface area contributed by atoms with Crippen molar-refractivity contribution in [1.82, 2.24) is 9.80 Å². The van der Waals surface area contributed by atoms with Gasteiger partial charge in [0, 0.05) is 32.2 Å². The van der Waals surface area contributed by atoms with E-state index < -0.39 is 5.60 Å². The van der Waals surface area contributed by atoms with Crippen molar-refractivity contribution in [3.63, 3.8) is 0 Å². The molecule has 1 aliphatic heterocycles. The Balaban J connectivity index is 2.31. The summed E-state index contributed by atoms with van der Waals surface area (Å²) >= 11 is 0. The van der Waals surface area contributed by atoms with Gasteiger partial charge in [-0.1, -0.05) is 0 Å². The van der Waals surface area contributed by atoms with Crippen LogP contribution in [0.5, 0.6) is 0 Å². The highest BCUT2D eigenvalue weighted by Crippen LogP contribution is 2.13. The predicted octanol–water partition coefficient (Wildman–Crippen LogP) is 0.783. The summed E-state index contributed by atoms with van der Waals surface area (Å²) < 4.78 is 0. The van der Waals surface area contributed by atoms with Crippen molar-refractivity contribution in [1.29, 1.82) is 0 Å². The lowest BCUT2D eigenvalue weighted by atomic mass is 10.0. The van der Waals surface area contributed by atoms with Crippen LogP contribution in [0, 0.1) is 0 Å². The van der Waals surface area contributed by atoms with Crippen molar-refractivity contribution in [2.75, 3.05) is 33.2 Å². The molecule has 84 valence electrons. The SMILES string of the molecule is CC1CN(C)CCN1CCC(C)(C)O. The second-order valence-electron chi connectivity index (χ2n) is 5.21. The minimum atomic E-state index is -0.525. The molecule has 0 saturated carbocycles. The fourth-order valence-corrected chi connectivity index (χ4v) is 1.93. The maximum absolute atomic E-state index is 9.65. The van der Waals surface area contributed by atoms with Crippen molar-refractivity contribution >= 4 is 0 Å². The van der Waals surface area contributed by atoms with Gasteiger partial charge in [0.25, 0.3) is 0 Å². The van der Waals surface area contributed by atoms with E-state index in [1.807, 2.05) is 13.8 Å². The summed E-state index contributed by atoms with van der Waals surface area (Å²) in [6.45, 7) is 10.5. The van der Waals surface area contributed by atoms with E-state index in [2.05, 4.69) is 23.8 Å². The van der Waals surface area contributed by atoms with Gasteiger partial charge < -0.3 is 10.0 Å². The number of hydrogen-bond donors (Lipinski definition) is 1. The van der Waals surface area contributed by atoms with Crippen LogP contribution in [0.4, 0.5) is 0 Å². The Morgan fingerprint density at radius 3 is 2.50 bits per heavy atom. The van der Waals surface area contributed by atoms with Crippen molar-refractivity contribution < 1.29 is 5.11 Å². The molecule has 0 bridgehead atoms. The van der Waals surface area contributed by atoms with Crippen molar-refractivity contribution in [3.05, 3.63) is 0 Å². The first-order chi connectivity index (χ1) is 6.38. The smallest absolute Gasteiger partial charge is 0.0603 e. The second kappa shape index (κ2) is 4.60. The maximum atomic E-state index is 9.65. The topological polar surface area (TPSA) is 26.7 Å². The van der Waals surface area contributed by atoms with Crippen LogP contribution in [0.1, 0.15) is 27.2 Å². The molecule has 0 radical (unpaired) electrons. The van der Waals surface area contributed by atoms with Gasteiger partial charge in [-0.2, -0.15) is 0 Å². The normalized spacial score (nSPS) is 26.8. The molecule has 1 atom stereocenters. The Bertz CT molecular complexity index is 177. The fraction of sp³-hybridized carbons (Fsp3) is 1.00. The number of likely N-dealkylation sites (N-methyl/N-ethyl adjacent to an activating group) is 1. The molecular formula is C11H24N2O. The van der Waals surface area contributed by atoms with E-state index >= 15 is 0 Å². The van der Waals surface area contributed by atoms with Crippen molar-refractivity contribution in [2.24, 2.45) is 0 Å². The van der Waals surface area contributed by atoms with Gasteiger partial charge in [0.05, 0.1) is 5.60 Å². The summed E-state index contributed by atoms with van der Waals surface area (Å²) in [6, 6.07) is 0.621. The van der Waals surface area contributed by atoms with Gasteiger partial charge in [-0.3, -0.25) is 4.90 Å². The van der Waals surface area contributed by atoms with Crippen LogP contribution in [0.2, 0.25) is 0 Å². The average Bonchev–Trinajstić information content (AvgIpc) is 2.00. The minimum absolute atomic E-state index is 0.525. The molecule has 1 rings (SSSR count). The summed E-state index contributed by atoms with van der Waals surface area (Å²) in [5.74, 6) is 0. The van der Waals surface area contributed by atoms with E-state index in [9.17, 15) is 5.11 Å². The molecule has 0 aliphatic carbocycles. The van der Waals surface area contributed by atoms with Crippen LogP contribution in [-0.4, -0.2) is 59.8 Å². The van der Waals surface area contributed by atoms with Crippen LogP contribution in [0.3, 0.4) is 0 Å². The van der Waals surface area contributed by atoms with E-state index in [4.69, 9.17) is 0 Å². The van der Waals surface area contributed by atoms with Crippen molar-refractivity contribution in [3.8, 4) is 0 Å². The lowest BCUT2D eigenvalue weighted by molar-refractivity contribution is 0.0362. The largest absolute Gasteiger partial charge is 0.390 e. The van der Waals surface area contributed by atoms with E-state index in [0.29, 0.717) is 6.04 Å². The van der Waals surface area contributed by atoms with Crippen LogP contribution in [0.25, 0.3) is 0 Å². The standard InChI is InChI=1S/C11H24N2O/c1-10-9-12(4)7-8-13(10)6-5-11(2,3)14/h10,14H,5-9H2,1-4H3. The third kappa shape index (κ3) is 3.95. The molecule has 0 aromatic heterocycles. The van der Waals surface area contributed by atoms with E-state index in [0.717, 1.165) is 32.6 Å². The third-order valence-corrected chi connectivity index (χ3v) is 2.98. The number of nitrogens with zero attached hydrogens (tertiary/aromatic N) is 2. The third-order valence-electron chi connectivity index (χ3n) is 2.98. The highest BCUT2D eigenvalue weighted by atomic mass is 16.3. The van der Waals surface area contributed by atoms with Gasteiger partial charge in [0.1, 0.15) is 0 Å². The van der Waals surface area contributed by atoms with Gasteiger partial charge in [-0.15, -0.1) is 0 Å². The molecule has 1 fully saturated rings. The molecular weight excluding hydrogens is 176 g/mol. The summed E-state index contributed by atoms with van der Waals surface area (Å²) in [5.41, 5.74) is -0.525. The quantitative estimate of drug-likeness (QED) is 0.729. The number of hydrogen-bond acceptors (Lipinski definition) is 3. The Kier molecular flexibility index (Phi) is 3.93. The van der Waals surface area contributed by atoms with Crippen LogP contribution in [0.15, 0.2) is 0 Å². The van der Waals surface area contributed by atoms with Crippen LogP contribution >= 0.6 is 0 Å². The Morgan fingerprint density at radius 2 is 2.00 bits per heavy atom. The minimum Gasteiger partial charge on any atom is -0.390 e. The molecule has 1 unspecified atom stereocenters. The van der Waals surface area contributed by atoms with E-state index in [1.54, 1.807) is 0 Å². The van der Waals surface area contributed by atoms with Gasteiger partial charge in [0.2, 0.25) is 0 Å². The predicted molar refractivity (Wildman–Crippen MR) is 59.4 cm³/mol. The van der Waals surface area contributed by atoms with Crippen LogP contribution < -0.4 is 0 Å². The summed E-state index contributed by atoms with van der Waals surface area (Å²) in [7, 11) is 2.17. The Morgan fingerprint density at radius 1 is 1.36 bits per heavy atom. The highest BCUT2D eigenvalue weighted by molar-refractivity contribution is 4.79. The molecule has 14 heavy (non-hydrogen) atoms. The number of piperazine rings is 1. The molecule has 3 heteroatoms. The molecule has 0 aromatic carbocycles. The lowest BCUT2D eigenvalue weighted by Crippen LogP contribution is -2.51. The van der Waals surface area contributed by atoms with Gasteiger partial charge >= 0.3 is 0 Å². The molecule has 0 spiro atoms. The van der Waals surface area contributed by atoms with E-state index in [1.165, 1.54) is 0 Å². The lowest BCUT2D eigenvalue weighted by Gasteiger charge is -2.39. The highest BCUT2D eigenvalue weighted by Gasteiger charge is 2.23. The summed E-state index contributed by atoms with van der Waals surface area (Å²) in [6.07, 6.45) is 0.862. The first-order valence-corrected chi connectivity index (χ1v) is 5.53. The number of rotatable bonds is 3. The second-order valence-corrected chi connectivity index (χ2v) is 5.21. The van der Waals surface area contributed by atoms with E-state index in [-0.39, 0.29) is 0 Å². The molecule has 1 heterocycles. The average molecular weight is 200 g/mol. The molecule has 1 aliphatic rings. The zero-order valence-corrected chi connectivity index (χ0v) is 9.95. The molecule has 1 saturated heterocycles. The Labute approximate surface area is 87.7 Å². The Hall–Kier alpha value is -0.120. The first kappa shape index (κ1) is 12.0. The summed E-state index contributed by atoms with van der Waals surface area (Å²) in [4.78, 5) is 4.84. The zero-order valence-electron chi connectivity index (χ0n) is 9.95. The van der Waals surface area contributed by atoms with Gasteiger partial charge in [-0.05, 0) is 34.2 Å². The molecule has 0 amide bonds. The fourth-order valence-electron chi connectivity index (χ4n) is 1.93. The van der Waals surface area contributed by atoms with Gasteiger partial charge in [-0.25, -0.2) is 0 Å². The van der Waals surface area contributed by atoms with Crippen LogP contribution in [-0.2, 0) is 0 Å².